The predicted molar refractivity (Wildman–Crippen MR) is 93.8 cm³/mol. The first-order chi connectivity index (χ1) is 11.2. The number of halogens is 3. The molecule has 1 unspecified atom stereocenters. The zero-order chi connectivity index (χ0) is 18.6. The molecule has 0 aromatic carbocycles. The second-order valence-electron chi connectivity index (χ2n) is 7.09. The van der Waals surface area contributed by atoms with Gasteiger partial charge in [0.1, 0.15) is 5.57 Å². The van der Waals surface area contributed by atoms with Crippen LogP contribution in [-0.4, -0.2) is 18.6 Å². The fourth-order valence-electron chi connectivity index (χ4n) is 2.79. The average molecular weight is 349 g/mol. The van der Waals surface area contributed by atoms with Crippen molar-refractivity contribution >= 4 is 5.91 Å². The van der Waals surface area contributed by atoms with Crippen LogP contribution in [0.5, 0.6) is 0 Å². The lowest BCUT2D eigenvalue weighted by Gasteiger charge is -2.30. The van der Waals surface area contributed by atoms with Crippen molar-refractivity contribution in [2.24, 2.45) is 5.41 Å². The van der Waals surface area contributed by atoms with Crippen LogP contribution in [0.15, 0.2) is 12.2 Å². The minimum atomic E-state index is -4.66. The number of unbranched alkanes of at least 4 members (excludes halogenated alkanes) is 6. The zero-order valence-electron chi connectivity index (χ0n) is 15.5. The predicted octanol–water partition coefficient (Wildman–Crippen LogP) is 6.17. The van der Waals surface area contributed by atoms with Gasteiger partial charge in [0.25, 0.3) is 5.91 Å². The molecule has 0 aliphatic rings. The van der Waals surface area contributed by atoms with Crippen LogP contribution in [0, 0.1) is 5.41 Å². The zero-order valence-corrected chi connectivity index (χ0v) is 15.5. The van der Waals surface area contributed by atoms with Gasteiger partial charge in [0.15, 0.2) is 0 Å². The first-order valence-electron chi connectivity index (χ1n) is 9.20. The van der Waals surface area contributed by atoms with Gasteiger partial charge in [0.2, 0.25) is 0 Å². The highest BCUT2D eigenvalue weighted by Crippen LogP contribution is 2.31. The molecule has 0 saturated heterocycles. The molecule has 0 aliphatic carbocycles. The minimum absolute atomic E-state index is 0.150. The van der Waals surface area contributed by atoms with Crippen molar-refractivity contribution in [2.75, 3.05) is 6.54 Å². The van der Waals surface area contributed by atoms with Gasteiger partial charge in [-0.05, 0) is 18.3 Å². The van der Waals surface area contributed by atoms with Crippen LogP contribution in [-0.2, 0) is 4.79 Å². The van der Waals surface area contributed by atoms with Gasteiger partial charge in [-0.15, -0.1) is 0 Å². The summed E-state index contributed by atoms with van der Waals surface area (Å²) in [5, 5.41) is 2.45. The van der Waals surface area contributed by atoms with Crippen LogP contribution in [0.4, 0.5) is 13.2 Å². The van der Waals surface area contributed by atoms with Crippen molar-refractivity contribution < 1.29 is 18.0 Å². The molecule has 1 amide bonds. The summed E-state index contributed by atoms with van der Waals surface area (Å²) in [6, 6.07) is 0. The van der Waals surface area contributed by atoms with Crippen molar-refractivity contribution in [3.63, 3.8) is 0 Å². The van der Waals surface area contributed by atoms with E-state index in [9.17, 15) is 18.0 Å². The molecule has 2 nitrogen and oxygen atoms in total. The van der Waals surface area contributed by atoms with Gasteiger partial charge in [-0.1, -0.05) is 78.7 Å². The van der Waals surface area contributed by atoms with Gasteiger partial charge >= 0.3 is 6.18 Å². The highest BCUT2D eigenvalue weighted by molar-refractivity contribution is 5.94. The molecule has 0 aliphatic heterocycles. The fraction of sp³-hybridized carbons (Fsp3) is 0.842. The molecule has 0 aromatic rings. The van der Waals surface area contributed by atoms with E-state index in [0.717, 1.165) is 44.9 Å². The monoisotopic (exact) mass is 349 g/mol. The molecular formula is C19H34F3NO. The molecule has 142 valence electrons. The molecule has 0 saturated carbocycles. The highest BCUT2D eigenvalue weighted by atomic mass is 19.4. The first kappa shape index (κ1) is 23.0. The SMILES string of the molecule is C=C(C(=O)NCC(C)(CCCCC)CCCCCCC)C(F)(F)F. The number of hydrogen-bond donors (Lipinski definition) is 1. The third-order valence-corrected chi connectivity index (χ3v) is 4.56. The summed E-state index contributed by atoms with van der Waals surface area (Å²) in [6.45, 7) is 9.49. The summed E-state index contributed by atoms with van der Waals surface area (Å²) in [6.07, 6.45) is 6.22. The normalized spacial score (nSPS) is 14.2. The van der Waals surface area contributed by atoms with E-state index in [-0.39, 0.29) is 12.0 Å². The molecular weight excluding hydrogens is 315 g/mol. The van der Waals surface area contributed by atoms with Crippen molar-refractivity contribution in [1.82, 2.24) is 5.32 Å². The lowest BCUT2D eigenvalue weighted by atomic mass is 9.79. The van der Waals surface area contributed by atoms with E-state index >= 15 is 0 Å². The second kappa shape index (κ2) is 11.5. The third-order valence-electron chi connectivity index (χ3n) is 4.56. The second-order valence-corrected chi connectivity index (χ2v) is 7.09. The summed E-state index contributed by atoms with van der Waals surface area (Å²) < 4.78 is 37.6. The van der Waals surface area contributed by atoms with Crippen LogP contribution in [0.25, 0.3) is 0 Å². The molecule has 0 spiro atoms. The Morgan fingerprint density at radius 1 is 0.917 bits per heavy atom. The standard InChI is InChI=1S/C19H34F3NO/c1-5-7-9-10-12-14-18(4,13-11-8-6-2)15-23-17(24)16(3)19(20,21)22/h3,5-15H2,1-2,4H3,(H,23,24). The van der Waals surface area contributed by atoms with Crippen LogP contribution in [0.1, 0.15) is 85.0 Å². The summed E-state index contributed by atoms with van der Waals surface area (Å²) in [5.41, 5.74) is -1.47. The lowest BCUT2D eigenvalue weighted by molar-refractivity contribution is -0.131. The Morgan fingerprint density at radius 3 is 1.88 bits per heavy atom. The van der Waals surface area contributed by atoms with E-state index in [1.54, 1.807) is 0 Å². The molecule has 0 heterocycles. The van der Waals surface area contributed by atoms with E-state index < -0.39 is 17.7 Å². The Balaban J connectivity index is 4.52. The van der Waals surface area contributed by atoms with Crippen molar-refractivity contribution in [3.05, 3.63) is 12.2 Å². The molecule has 24 heavy (non-hydrogen) atoms. The summed E-state index contributed by atoms with van der Waals surface area (Å²) >= 11 is 0. The first-order valence-corrected chi connectivity index (χ1v) is 9.20. The Morgan fingerprint density at radius 2 is 1.38 bits per heavy atom. The molecule has 0 bridgehead atoms. The number of carbonyl (C=O) groups is 1. The van der Waals surface area contributed by atoms with E-state index in [1.165, 1.54) is 19.3 Å². The Bertz CT molecular complexity index is 379. The van der Waals surface area contributed by atoms with Gasteiger partial charge in [-0.3, -0.25) is 4.79 Å². The highest BCUT2D eigenvalue weighted by Gasteiger charge is 2.37. The molecule has 0 rings (SSSR count). The maximum absolute atomic E-state index is 12.5. The Kier molecular flexibility index (Phi) is 11.1. The summed E-state index contributed by atoms with van der Waals surface area (Å²) in [5.74, 6) is -1.10. The number of amides is 1. The van der Waals surface area contributed by atoms with Crippen LogP contribution in [0.3, 0.4) is 0 Å². The molecule has 1 atom stereocenters. The van der Waals surface area contributed by atoms with Crippen molar-refractivity contribution in [3.8, 4) is 0 Å². The Hall–Kier alpha value is -1.00. The van der Waals surface area contributed by atoms with Gasteiger partial charge in [0, 0.05) is 6.54 Å². The number of alkyl halides is 3. The maximum Gasteiger partial charge on any atom is 0.421 e. The Labute approximate surface area is 145 Å². The average Bonchev–Trinajstić information content (AvgIpc) is 2.51. The molecule has 0 radical (unpaired) electrons. The van der Waals surface area contributed by atoms with Crippen molar-refractivity contribution in [2.45, 2.75) is 91.2 Å². The third kappa shape index (κ3) is 9.99. The van der Waals surface area contributed by atoms with Gasteiger partial charge in [-0.2, -0.15) is 13.2 Å². The molecule has 0 aromatic heterocycles. The van der Waals surface area contributed by atoms with Gasteiger partial charge < -0.3 is 5.32 Å². The van der Waals surface area contributed by atoms with E-state index in [4.69, 9.17) is 0 Å². The van der Waals surface area contributed by atoms with Crippen LogP contribution >= 0.6 is 0 Å². The molecule has 5 heteroatoms. The maximum atomic E-state index is 12.5. The van der Waals surface area contributed by atoms with Crippen molar-refractivity contribution in [1.29, 1.82) is 0 Å². The van der Waals surface area contributed by atoms with Crippen LogP contribution in [0.2, 0.25) is 0 Å². The largest absolute Gasteiger partial charge is 0.421 e. The number of rotatable bonds is 13. The summed E-state index contributed by atoms with van der Waals surface area (Å²) in [7, 11) is 0. The quantitative estimate of drug-likeness (QED) is 0.313. The minimum Gasteiger partial charge on any atom is -0.352 e. The van der Waals surface area contributed by atoms with E-state index in [1.807, 2.05) is 0 Å². The topological polar surface area (TPSA) is 29.1 Å². The van der Waals surface area contributed by atoms with Gasteiger partial charge in [0.05, 0.1) is 0 Å². The fourth-order valence-corrected chi connectivity index (χ4v) is 2.79. The van der Waals surface area contributed by atoms with E-state index in [2.05, 4.69) is 32.7 Å². The van der Waals surface area contributed by atoms with Crippen LogP contribution < -0.4 is 5.32 Å². The number of nitrogens with one attached hydrogen (secondary N) is 1. The number of carbonyl (C=O) groups excluding carboxylic acids is 1. The molecule has 1 N–H and O–H groups in total. The van der Waals surface area contributed by atoms with E-state index in [0.29, 0.717) is 0 Å². The summed E-state index contributed by atoms with van der Waals surface area (Å²) in [4.78, 5) is 11.7. The van der Waals surface area contributed by atoms with Gasteiger partial charge in [-0.25, -0.2) is 0 Å². The number of hydrogen-bond acceptors (Lipinski definition) is 1. The molecule has 0 fully saturated rings. The lowest BCUT2D eigenvalue weighted by Crippen LogP contribution is -2.38. The smallest absolute Gasteiger partial charge is 0.352 e.